The van der Waals surface area contributed by atoms with Gasteiger partial charge in [-0.2, -0.15) is 0 Å². The van der Waals surface area contributed by atoms with Crippen molar-refractivity contribution >= 4 is 28.8 Å². The molecule has 0 bridgehead atoms. The van der Waals surface area contributed by atoms with Gasteiger partial charge in [0.25, 0.3) is 0 Å². The molecule has 0 saturated heterocycles. The van der Waals surface area contributed by atoms with Crippen molar-refractivity contribution in [3.63, 3.8) is 0 Å². The fraction of sp³-hybridized carbons (Fsp3) is 0.444. The van der Waals surface area contributed by atoms with Gasteiger partial charge in [0.05, 0.1) is 12.4 Å². The summed E-state index contributed by atoms with van der Waals surface area (Å²) in [7, 11) is 0. The second kappa shape index (κ2) is 4.19. The maximum absolute atomic E-state index is 5.61. The molecule has 0 aromatic carbocycles. The normalized spacial score (nSPS) is 11.1. The quantitative estimate of drug-likeness (QED) is 0.750. The second-order valence-electron chi connectivity index (χ2n) is 3.93. The molecule has 0 aliphatic carbocycles. The molecule has 0 fully saturated rings. The van der Waals surface area contributed by atoms with Crippen molar-refractivity contribution in [2.24, 2.45) is 0 Å². The molecule has 0 aliphatic rings. The Morgan fingerprint density at radius 2 is 2.00 bits per heavy atom. The number of thiocarbonyl (C=S) groups is 1. The smallest absolute Gasteiger partial charge is 0.147 e. The summed E-state index contributed by atoms with van der Waals surface area (Å²) in [6.45, 7) is 6.09. The monoisotopic (exact) mass is 229 g/mol. The zero-order valence-corrected chi connectivity index (χ0v) is 9.91. The van der Waals surface area contributed by atoms with E-state index < -0.39 is 0 Å². The Morgan fingerprint density at radius 1 is 1.36 bits per heavy atom. The number of hydrogen-bond acceptors (Lipinski definition) is 3. The zero-order chi connectivity index (χ0) is 10.8. The van der Waals surface area contributed by atoms with Gasteiger partial charge in [-0.15, -0.1) is 0 Å². The van der Waals surface area contributed by atoms with Gasteiger partial charge in [0.15, 0.2) is 0 Å². The molecule has 0 atom stereocenters. The molecule has 0 amide bonds. The van der Waals surface area contributed by atoms with Gasteiger partial charge < -0.3 is 5.32 Å². The summed E-state index contributed by atoms with van der Waals surface area (Å²) in [5, 5.41) is 3.51. The van der Waals surface area contributed by atoms with Crippen molar-refractivity contribution in [3.8, 4) is 0 Å². The highest BCUT2D eigenvalue weighted by molar-refractivity contribution is 7.80. The van der Waals surface area contributed by atoms with Crippen LogP contribution >= 0.6 is 23.8 Å². The fourth-order valence-electron chi connectivity index (χ4n) is 0.834. The molecule has 1 N–H and O–H groups in total. The lowest BCUT2D eigenvalue weighted by molar-refractivity contribution is 0.515. The minimum Gasteiger partial charge on any atom is -0.370 e. The summed E-state index contributed by atoms with van der Waals surface area (Å²) in [6.07, 6.45) is 3.04. The molecule has 76 valence electrons. The summed E-state index contributed by atoms with van der Waals surface area (Å²) in [6, 6.07) is 0. The van der Waals surface area contributed by atoms with Crippen LogP contribution < -0.4 is 5.32 Å². The van der Waals surface area contributed by atoms with Crippen molar-refractivity contribution < 1.29 is 0 Å². The predicted octanol–water partition coefficient (Wildman–Crippen LogP) is 2.19. The standard InChI is InChI=1S/C9H12ClN3S/c1-9(2,3)13-8(14)6-4-12-7(10)5-11-6/h4-5H,1-3H3,(H,13,14). The highest BCUT2D eigenvalue weighted by Crippen LogP contribution is 2.05. The minimum atomic E-state index is -0.0710. The van der Waals surface area contributed by atoms with E-state index in [0.29, 0.717) is 15.8 Å². The van der Waals surface area contributed by atoms with E-state index in [1.807, 2.05) is 20.8 Å². The molecule has 14 heavy (non-hydrogen) atoms. The van der Waals surface area contributed by atoms with E-state index in [4.69, 9.17) is 23.8 Å². The molecule has 3 nitrogen and oxygen atoms in total. The van der Waals surface area contributed by atoms with Gasteiger partial charge in [-0.05, 0) is 20.8 Å². The molecule has 0 aliphatic heterocycles. The van der Waals surface area contributed by atoms with Crippen LogP contribution in [0.2, 0.25) is 5.15 Å². The Balaban J connectivity index is 2.76. The first-order valence-corrected chi connectivity index (χ1v) is 4.97. The Kier molecular flexibility index (Phi) is 3.39. The summed E-state index contributed by atoms with van der Waals surface area (Å²) in [5.74, 6) is 0. The summed E-state index contributed by atoms with van der Waals surface area (Å²) in [4.78, 5) is 8.55. The van der Waals surface area contributed by atoms with Crippen LogP contribution in [0.5, 0.6) is 0 Å². The molecule has 5 heteroatoms. The Labute approximate surface area is 93.9 Å². The van der Waals surface area contributed by atoms with Crippen LogP contribution in [0, 0.1) is 0 Å². The third-order valence-electron chi connectivity index (χ3n) is 1.34. The van der Waals surface area contributed by atoms with Gasteiger partial charge in [-0.25, -0.2) is 9.97 Å². The summed E-state index contributed by atoms with van der Waals surface area (Å²) in [5.41, 5.74) is 0.567. The largest absolute Gasteiger partial charge is 0.370 e. The maximum Gasteiger partial charge on any atom is 0.147 e. The van der Waals surface area contributed by atoms with Gasteiger partial charge in [-0.1, -0.05) is 23.8 Å². The van der Waals surface area contributed by atoms with E-state index in [2.05, 4.69) is 15.3 Å². The minimum absolute atomic E-state index is 0.0710. The maximum atomic E-state index is 5.61. The van der Waals surface area contributed by atoms with Gasteiger partial charge >= 0.3 is 0 Å². The van der Waals surface area contributed by atoms with Crippen molar-refractivity contribution in [1.29, 1.82) is 0 Å². The molecule has 1 rings (SSSR count). The third-order valence-corrected chi connectivity index (χ3v) is 1.85. The van der Waals surface area contributed by atoms with E-state index in [9.17, 15) is 0 Å². The average Bonchev–Trinajstić information content (AvgIpc) is 2.02. The first-order chi connectivity index (χ1) is 6.38. The SMILES string of the molecule is CC(C)(C)NC(=S)c1cnc(Cl)cn1. The van der Waals surface area contributed by atoms with Gasteiger partial charge in [0.1, 0.15) is 15.8 Å². The van der Waals surface area contributed by atoms with Crippen molar-refractivity contribution in [2.75, 3.05) is 0 Å². The van der Waals surface area contributed by atoms with Crippen LogP contribution in [-0.4, -0.2) is 20.5 Å². The average molecular weight is 230 g/mol. The molecule has 0 unspecified atom stereocenters. The van der Waals surface area contributed by atoms with Gasteiger partial charge in [0.2, 0.25) is 0 Å². The fourth-order valence-corrected chi connectivity index (χ4v) is 1.34. The second-order valence-corrected chi connectivity index (χ2v) is 4.72. The summed E-state index contributed by atoms with van der Waals surface area (Å²) < 4.78 is 0. The predicted molar refractivity (Wildman–Crippen MR) is 61.6 cm³/mol. The zero-order valence-electron chi connectivity index (χ0n) is 8.34. The van der Waals surface area contributed by atoms with Crippen molar-refractivity contribution in [3.05, 3.63) is 23.2 Å². The van der Waals surface area contributed by atoms with Gasteiger partial charge in [0, 0.05) is 5.54 Å². The first-order valence-electron chi connectivity index (χ1n) is 4.18. The van der Waals surface area contributed by atoms with E-state index in [1.54, 1.807) is 6.20 Å². The van der Waals surface area contributed by atoms with Crippen LogP contribution in [0.3, 0.4) is 0 Å². The lowest BCUT2D eigenvalue weighted by Crippen LogP contribution is -2.40. The third kappa shape index (κ3) is 3.55. The van der Waals surface area contributed by atoms with Crippen LogP contribution in [-0.2, 0) is 0 Å². The molecular formula is C9H12ClN3S. The van der Waals surface area contributed by atoms with Crippen molar-refractivity contribution in [1.82, 2.24) is 15.3 Å². The number of halogens is 1. The molecule has 0 spiro atoms. The molecular weight excluding hydrogens is 218 g/mol. The van der Waals surface area contributed by atoms with Crippen LogP contribution in [0.25, 0.3) is 0 Å². The van der Waals surface area contributed by atoms with E-state index in [1.165, 1.54) is 6.20 Å². The highest BCUT2D eigenvalue weighted by Gasteiger charge is 2.13. The van der Waals surface area contributed by atoms with Crippen LogP contribution in [0.1, 0.15) is 26.5 Å². The number of nitrogens with one attached hydrogen (secondary N) is 1. The Bertz CT molecular complexity index is 329. The highest BCUT2D eigenvalue weighted by atomic mass is 35.5. The lowest BCUT2D eigenvalue weighted by Gasteiger charge is -2.21. The first kappa shape index (κ1) is 11.3. The van der Waals surface area contributed by atoms with Crippen LogP contribution in [0.4, 0.5) is 0 Å². The summed E-state index contributed by atoms with van der Waals surface area (Å²) >= 11 is 10.8. The Morgan fingerprint density at radius 3 is 2.43 bits per heavy atom. The number of hydrogen-bond donors (Lipinski definition) is 1. The van der Waals surface area contributed by atoms with Gasteiger partial charge in [-0.3, -0.25) is 0 Å². The number of aromatic nitrogens is 2. The molecule has 0 saturated carbocycles. The Hall–Kier alpha value is -0.740. The van der Waals surface area contributed by atoms with E-state index in [0.717, 1.165) is 0 Å². The number of nitrogens with zero attached hydrogens (tertiary/aromatic N) is 2. The molecule has 0 radical (unpaired) electrons. The molecule has 1 aromatic heterocycles. The van der Waals surface area contributed by atoms with Crippen molar-refractivity contribution in [2.45, 2.75) is 26.3 Å². The van der Waals surface area contributed by atoms with E-state index in [-0.39, 0.29) is 5.54 Å². The van der Waals surface area contributed by atoms with Crippen LogP contribution in [0.15, 0.2) is 12.4 Å². The lowest BCUT2D eigenvalue weighted by atomic mass is 10.1. The molecule has 1 heterocycles. The topological polar surface area (TPSA) is 37.8 Å². The van der Waals surface area contributed by atoms with E-state index >= 15 is 0 Å². The number of rotatable bonds is 1. The molecule has 1 aromatic rings.